The number of halogens is 6. The molecule has 6 rings (SSSR count). The molecule has 210 valence electrons. The second kappa shape index (κ2) is 8.88. The maximum atomic E-state index is 14.8. The van der Waals surface area contributed by atoms with Gasteiger partial charge in [-0.15, -0.1) is 0 Å². The van der Waals surface area contributed by atoms with Crippen molar-refractivity contribution in [2.75, 3.05) is 16.8 Å². The third-order valence-corrected chi connectivity index (χ3v) is 7.75. The molecule has 1 saturated heterocycles. The molecule has 1 aliphatic heterocycles. The van der Waals surface area contributed by atoms with Gasteiger partial charge < -0.3 is 15.3 Å². The Morgan fingerprint density at radius 2 is 1.98 bits per heavy atom. The summed E-state index contributed by atoms with van der Waals surface area (Å²) in [5.74, 6) is -4.66. The van der Waals surface area contributed by atoms with Crippen molar-refractivity contribution in [3.63, 3.8) is 0 Å². The highest BCUT2D eigenvalue weighted by atomic mass is 35.5. The van der Waals surface area contributed by atoms with E-state index >= 15 is 0 Å². The summed E-state index contributed by atoms with van der Waals surface area (Å²) in [6, 6.07) is 4.46. The molecule has 0 radical (unpaired) electrons. The fraction of sp³-hybridized carbons (Fsp3) is 0.385. The molecule has 4 aromatic rings. The van der Waals surface area contributed by atoms with Gasteiger partial charge in [-0.25, -0.2) is 28.5 Å². The van der Waals surface area contributed by atoms with E-state index < -0.39 is 35.8 Å². The van der Waals surface area contributed by atoms with Crippen molar-refractivity contribution in [2.45, 2.75) is 50.9 Å². The molecule has 2 N–H and O–H groups in total. The number of benzene rings is 1. The van der Waals surface area contributed by atoms with E-state index in [2.05, 4.69) is 15.3 Å². The van der Waals surface area contributed by atoms with Crippen LogP contribution in [0.5, 0.6) is 0 Å². The Labute approximate surface area is 228 Å². The van der Waals surface area contributed by atoms with Crippen LogP contribution in [-0.2, 0) is 6.18 Å². The number of nitrogens with zero attached hydrogens (tertiary/aromatic N) is 5. The van der Waals surface area contributed by atoms with E-state index in [1.165, 1.54) is 17.0 Å². The topological polar surface area (TPSA) is 95.6 Å². The molecule has 40 heavy (non-hydrogen) atoms. The fourth-order valence-electron chi connectivity index (χ4n) is 5.89. The van der Waals surface area contributed by atoms with Gasteiger partial charge in [-0.05, 0) is 49.9 Å². The smallest absolute Gasteiger partial charge is 0.434 e. The summed E-state index contributed by atoms with van der Waals surface area (Å²) in [5, 5.41) is 12.9. The second-order valence-electron chi connectivity index (χ2n) is 10.4. The average molecular weight is 581 g/mol. The molecule has 2 fully saturated rings. The van der Waals surface area contributed by atoms with Crippen LogP contribution >= 0.6 is 11.6 Å². The van der Waals surface area contributed by atoms with Crippen molar-refractivity contribution in [1.29, 1.82) is 0 Å². The number of piperidine rings is 1. The molecule has 14 heteroatoms. The molecule has 8 nitrogen and oxygen atoms in total. The molecule has 1 aliphatic carbocycles. The van der Waals surface area contributed by atoms with Gasteiger partial charge in [-0.2, -0.15) is 13.2 Å². The number of aryl methyl sites for hydroxylation is 1. The largest absolute Gasteiger partial charge is 0.476 e. The standard InChI is InChI=1S/C26H22ClF5N6O2/c1-11-5-14(12(2)33-16-3-4-19(27)35-21(16)23(39)40)20-15(6-11)22-34-17(26(30,31)32)10-38(22)24(36-20)37-9-13-7-18(37)25(28,29)8-13/h3-6,10,12-13,18,33H,7-9H2,1-2H3,(H,39,40)/t12-,13?,18?/m1/s1. The number of nitrogens with one attached hydrogen (secondary N) is 1. The number of anilines is 2. The number of alkyl halides is 5. The predicted molar refractivity (Wildman–Crippen MR) is 137 cm³/mol. The van der Waals surface area contributed by atoms with Gasteiger partial charge in [-0.3, -0.25) is 4.40 Å². The molecular formula is C26H22ClF5N6O2. The molecule has 3 atom stereocenters. The lowest BCUT2D eigenvalue weighted by Crippen LogP contribution is -2.46. The van der Waals surface area contributed by atoms with Crippen LogP contribution in [0, 0.1) is 12.8 Å². The Morgan fingerprint density at radius 3 is 2.62 bits per heavy atom. The SMILES string of the molecule is Cc1cc([C@@H](C)Nc2ccc(Cl)nc2C(=O)O)c2nc(N3CC4CC3C(F)(F)C4)n3cc(C(F)(F)F)nc3c2c1. The Balaban J connectivity index is 1.55. The highest BCUT2D eigenvalue weighted by Crippen LogP contribution is 2.49. The Bertz CT molecular complexity index is 1690. The molecule has 1 aromatic carbocycles. The summed E-state index contributed by atoms with van der Waals surface area (Å²) < 4.78 is 72.0. The van der Waals surface area contributed by atoms with Gasteiger partial charge in [0.2, 0.25) is 5.95 Å². The minimum atomic E-state index is -4.76. The zero-order valence-corrected chi connectivity index (χ0v) is 21.9. The molecule has 2 bridgehead atoms. The van der Waals surface area contributed by atoms with Crippen LogP contribution in [0.25, 0.3) is 16.6 Å². The van der Waals surface area contributed by atoms with E-state index in [9.17, 15) is 31.9 Å². The first kappa shape index (κ1) is 26.5. The Morgan fingerprint density at radius 1 is 1.23 bits per heavy atom. The number of aromatic carboxylic acids is 1. The lowest BCUT2D eigenvalue weighted by molar-refractivity contribution is -0.140. The van der Waals surface area contributed by atoms with Gasteiger partial charge in [-0.1, -0.05) is 17.7 Å². The van der Waals surface area contributed by atoms with Crippen LogP contribution in [0.4, 0.5) is 33.6 Å². The number of pyridine rings is 1. The van der Waals surface area contributed by atoms with Crippen molar-refractivity contribution in [3.05, 3.63) is 58.1 Å². The number of imidazole rings is 1. The zero-order valence-electron chi connectivity index (χ0n) is 21.1. The number of hydrogen-bond acceptors (Lipinski definition) is 6. The monoisotopic (exact) mass is 580 g/mol. The maximum Gasteiger partial charge on any atom is 0.434 e. The van der Waals surface area contributed by atoms with E-state index in [1.54, 1.807) is 26.0 Å². The van der Waals surface area contributed by atoms with Gasteiger partial charge in [0.25, 0.3) is 5.92 Å². The second-order valence-corrected chi connectivity index (χ2v) is 10.8. The fourth-order valence-corrected chi connectivity index (χ4v) is 6.03. The molecule has 0 amide bonds. The van der Waals surface area contributed by atoms with E-state index in [1.807, 2.05) is 0 Å². The number of carbonyl (C=O) groups is 1. The molecule has 1 saturated carbocycles. The van der Waals surface area contributed by atoms with Crippen molar-refractivity contribution < 1.29 is 31.9 Å². The van der Waals surface area contributed by atoms with Gasteiger partial charge in [0.05, 0.1) is 23.3 Å². The summed E-state index contributed by atoms with van der Waals surface area (Å²) in [7, 11) is 0. The van der Waals surface area contributed by atoms with Crippen LogP contribution in [0.15, 0.2) is 30.5 Å². The summed E-state index contributed by atoms with van der Waals surface area (Å²) >= 11 is 5.87. The molecule has 2 aliphatic rings. The summed E-state index contributed by atoms with van der Waals surface area (Å²) in [5.41, 5.74) is 0.0862. The third kappa shape index (κ3) is 4.27. The van der Waals surface area contributed by atoms with E-state index in [4.69, 9.17) is 16.6 Å². The van der Waals surface area contributed by atoms with E-state index in [0.717, 1.165) is 10.6 Å². The quantitative estimate of drug-likeness (QED) is 0.209. The van der Waals surface area contributed by atoms with Crippen LogP contribution in [-0.4, -0.2) is 48.9 Å². The average Bonchev–Trinajstić information content (AvgIpc) is 3.56. The molecule has 3 aromatic heterocycles. The molecule has 2 unspecified atom stereocenters. The van der Waals surface area contributed by atoms with Gasteiger partial charge in [0, 0.05) is 30.1 Å². The summed E-state index contributed by atoms with van der Waals surface area (Å²) in [4.78, 5) is 25.6. The number of aromatic nitrogens is 4. The lowest BCUT2D eigenvalue weighted by Gasteiger charge is -2.34. The normalized spacial score (nSPS) is 20.9. The number of carboxylic acids is 1. The van der Waals surface area contributed by atoms with Crippen molar-refractivity contribution in [1.82, 2.24) is 19.4 Å². The van der Waals surface area contributed by atoms with Crippen molar-refractivity contribution in [3.8, 4) is 0 Å². The van der Waals surface area contributed by atoms with Crippen LogP contribution < -0.4 is 10.2 Å². The highest BCUT2D eigenvalue weighted by Gasteiger charge is 2.57. The number of hydrogen-bond donors (Lipinski definition) is 2. The number of carboxylic acid groups (broad SMARTS) is 1. The molecular weight excluding hydrogens is 559 g/mol. The molecule has 0 spiro atoms. The first-order valence-corrected chi connectivity index (χ1v) is 12.8. The van der Waals surface area contributed by atoms with E-state index in [0.29, 0.717) is 16.5 Å². The number of rotatable bonds is 5. The minimum Gasteiger partial charge on any atom is -0.476 e. The lowest BCUT2D eigenvalue weighted by atomic mass is 10.0. The maximum absolute atomic E-state index is 14.8. The Hall–Kier alpha value is -3.74. The summed E-state index contributed by atoms with van der Waals surface area (Å²) in [6.07, 6.45) is -4.02. The Kier molecular flexibility index (Phi) is 5.88. The van der Waals surface area contributed by atoms with E-state index in [-0.39, 0.29) is 59.0 Å². The first-order chi connectivity index (χ1) is 18.7. The minimum absolute atomic E-state index is 0.0122. The highest BCUT2D eigenvalue weighted by molar-refractivity contribution is 6.29. The van der Waals surface area contributed by atoms with Crippen LogP contribution in [0.1, 0.15) is 53.1 Å². The molecule has 4 heterocycles. The number of fused-ring (bicyclic) bond motifs is 5. The summed E-state index contributed by atoms with van der Waals surface area (Å²) in [6.45, 7) is 3.71. The first-order valence-electron chi connectivity index (χ1n) is 12.4. The van der Waals surface area contributed by atoms with Crippen LogP contribution in [0.3, 0.4) is 0 Å². The zero-order chi connectivity index (χ0) is 28.7. The van der Waals surface area contributed by atoms with Crippen molar-refractivity contribution >= 4 is 45.8 Å². The van der Waals surface area contributed by atoms with Gasteiger partial charge >= 0.3 is 12.1 Å². The van der Waals surface area contributed by atoms with Gasteiger partial charge in [0.1, 0.15) is 10.8 Å². The van der Waals surface area contributed by atoms with Crippen LogP contribution in [0.2, 0.25) is 5.15 Å². The third-order valence-electron chi connectivity index (χ3n) is 7.54. The van der Waals surface area contributed by atoms with Gasteiger partial charge in [0.15, 0.2) is 11.4 Å². The van der Waals surface area contributed by atoms with Crippen molar-refractivity contribution in [2.24, 2.45) is 5.92 Å². The predicted octanol–water partition coefficient (Wildman–Crippen LogP) is 6.36.